The van der Waals surface area contributed by atoms with Crippen LogP contribution in [0.15, 0.2) is 22.7 Å². The van der Waals surface area contributed by atoms with Gasteiger partial charge in [-0.05, 0) is 41.2 Å². The Bertz CT molecular complexity index is 387. The van der Waals surface area contributed by atoms with Gasteiger partial charge in [0.1, 0.15) is 6.29 Å². The fourth-order valence-corrected chi connectivity index (χ4v) is 2.55. The molecule has 16 heavy (non-hydrogen) atoms. The highest BCUT2D eigenvalue weighted by Gasteiger charge is 2.16. The van der Waals surface area contributed by atoms with Gasteiger partial charge in [0, 0.05) is 36.2 Å². The quantitative estimate of drug-likeness (QED) is 0.776. The van der Waals surface area contributed by atoms with Crippen molar-refractivity contribution < 1.29 is 4.79 Å². The molecule has 0 amide bonds. The van der Waals surface area contributed by atoms with Crippen molar-refractivity contribution in [1.29, 1.82) is 0 Å². The van der Waals surface area contributed by atoms with Crippen LogP contribution in [0, 0.1) is 0 Å². The molecule has 1 aromatic rings. The van der Waals surface area contributed by atoms with Gasteiger partial charge in [0.2, 0.25) is 0 Å². The Hall–Kier alpha value is -0.870. The Kier molecular flexibility index (Phi) is 3.61. The summed E-state index contributed by atoms with van der Waals surface area (Å²) < 4.78 is 1.00. The van der Waals surface area contributed by atoms with Crippen LogP contribution in [0.1, 0.15) is 10.4 Å². The van der Waals surface area contributed by atoms with Crippen molar-refractivity contribution in [3.05, 3.63) is 28.2 Å². The summed E-state index contributed by atoms with van der Waals surface area (Å²) in [4.78, 5) is 15.3. The number of hydrogen-bond acceptors (Lipinski definition) is 3. The predicted octanol–water partition coefficient (Wildman–Crippen LogP) is 2.01. The summed E-state index contributed by atoms with van der Waals surface area (Å²) in [5, 5.41) is 0. The van der Waals surface area contributed by atoms with E-state index >= 15 is 0 Å². The number of likely N-dealkylation sites (N-methyl/N-ethyl adjacent to an activating group) is 1. The van der Waals surface area contributed by atoms with E-state index < -0.39 is 0 Å². The van der Waals surface area contributed by atoms with E-state index in [0.29, 0.717) is 5.56 Å². The number of aldehydes is 1. The van der Waals surface area contributed by atoms with Crippen molar-refractivity contribution in [1.82, 2.24) is 4.90 Å². The number of benzene rings is 1. The van der Waals surface area contributed by atoms with Gasteiger partial charge >= 0.3 is 0 Å². The van der Waals surface area contributed by atoms with Crippen LogP contribution in [0.25, 0.3) is 0 Å². The first-order valence-electron chi connectivity index (χ1n) is 5.39. The molecule has 3 nitrogen and oxygen atoms in total. The maximum atomic E-state index is 10.6. The van der Waals surface area contributed by atoms with Gasteiger partial charge in [-0.15, -0.1) is 0 Å². The lowest BCUT2D eigenvalue weighted by molar-refractivity contribution is 0.112. The second kappa shape index (κ2) is 4.97. The maximum Gasteiger partial charge on any atom is 0.150 e. The number of carbonyl (C=O) groups is 1. The van der Waals surface area contributed by atoms with Crippen LogP contribution in [-0.2, 0) is 0 Å². The summed E-state index contributed by atoms with van der Waals surface area (Å²) in [7, 11) is 2.14. The normalized spacial score (nSPS) is 17.5. The largest absolute Gasteiger partial charge is 0.368 e. The first-order valence-corrected chi connectivity index (χ1v) is 6.18. The van der Waals surface area contributed by atoms with Gasteiger partial charge in [-0.2, -0.15) is 0 Å². The van der Waals surface area contributed by atoms with E-state index in [1.807, 2.05) is 18.2 Å². The van der Waals surface area contributed by atoms with Crippen molar-refractivity contribution in [3.8, 4) is 0 Å². The lowest BCUT2D eigenvalue weighted by Crippen LogP contribution is -2.44. The zero-order valence-corrected chi connectivity index (χ0v) is 10.9. The number of rotatable bonds is 2. The number of anilines is 1. The minimum Gasteiger partial charge on any atom is -0.368 e. The Labute approximate surface area is 104 Å². The smallest absolute Gasteiger partial charge is 0.150 e. The summed E-state index contributed by atoms with van der Waals surface area (Å²) in [5.41, 5.74) is 1.89. The Morgan fingerprint density at radius 1 is 1.25 bits per heavy atom. The molecule has 4 heteroatoms. The van der Waals surface area contributed by atoms with Gasteiger partial charge in [0.25, 0.3) is 0 Å². The highest BCUT2D eigenvalue weighted by atomic mass is 79.9. The van der Waals surface area contributed by atoms with E-state index in [1.54, 1.807) is 0 Å². The summed E-state index contributed by atoms with van der Waals surface area (Å²) in [6, 6.07) is 5.76. The molecule has 86 valence electrons. The molecule has 0 saturated carbocycles. The molecule has 0 aliphatic carbocycles. The third-order valence-corrected chi connectivity index (χ3v) is 3.59. The van der Waals surface area contributed by atoms with E-state index in [-0.39, 0.29) is 0 Å². The first kappa shape index (κ1) is 11.6. The monoisotopic (exact) mass is 282 g/mol. The minimum atomic E-state index is 0.713. The van der Waals surface area contributed by atoms with Crippen molar-refractivity contribution in [2.45, 2.75) is 0 Å². The molecule has 1 fully saturated rings. The van der Waals surface area contributed by atoms with E-state index in [2.05, 4.69) is 32.8 Å². The standard InChI is InChI=1S/C12H15BrN2O/c1-14-4-6-15(7-5-14)12-3-2-10(9-16)8-11(12)13/h2-3,8-9H,4-7H2,1H3. The molecule has 1 aliphatic heterocycles. The minimum absolute atomic E-state index is 0.713. The van der Waals surface area contributed by atoms with E-state index in [1.165, 1.54) is 5.69 Å². The van der Waals surface area contributed by atoms with Crippen molar-refractivity contribution >= 4 is 27.9 Å². The maximum absolute atomic E-state index is 10.6. The SMILES string of the molecule is CN1CCN(c2ccc(C=O)cc2Br)CC1. The zero-order valence-electron chi connectivity index (χ0n) is 9.32. The van der Waals surface area contributed by atoms with Gasteiger partial charge in [-0.25, -0.2) is 0 Å². The van der Waals surface area contributed by atoms with Gasteiger partial charge in [-0.1, -0.05) is 0 Å². The van der Waals surface area contributed by atoms with Crippen LogP contribution in [0.3, 0.4) is 0 Å². The molecule has 2 rings (SSSR count). The summed E-state index contributed by atoms with van der Waals surface area (Å²) in [6.07, 6.45) is 0.874. The molecule has 0 unspecified atom stereocenters. The molecule has 1 aromatic carbocycles. The van der Waals surface area contributed by atoms with Gasteiger partial charge in [0.15, 0.2) is 0 Å². The molecule has 1 heterocycles. The molecule has 0 bridgehead atoms. The molecule has 1 aliphatic rings. The Balaban J connectivity index is 2.17. The molecule has 1 saturated heterocycles. The average molecular weight is 283 g/mol. The molecule has 0 spiro atoms. The molecule has 0 N–H and O–H groups in total. The lowest BCUT2D eigenvalue weighted by atomic mass is 10.2. The lowest BCUT2D eigenvalue weighted by Gasteiger charge is -2.34. The molecular formula is C12H15BrN2O. The molecule has 0 radical (unpaired) electrons. The molecule has 0 aromatic heterocycles. The van der Waals surface area contributed by atoms with Crippen LogP contribution in [0.2, 0.25) is 0 Å². The highest BCUT2D eigenvalue weighted by molar-refractivity contribution is 9.10. The average Bonchev–Trinajstić information content (AvgIpc) is 2.30. The second-order valence-corrected chi connectivity index (χ2v) is 4.97. The van der Waals surface area contributed by atoms with E-state index in [9.17, 15) is 4.79 Å². The van der Waals surface area contributed by atoms with Gasteiger partial charge in [0.05, 0.1) is 5.69 Å². The Morgan fingerprint density at radius 3 is 2.50 bits per heavy atom. The summed E-state index contributed by atoms with van der Waals surface area (Å²) in [6.45, 7) is 4.24. The topological polar surface area (TPSA) is 23.6 Å². The number of piperazine rings is 1. The number of halogens is 1. The predicted molar refractivity (Wildman–Crippen MR) is 69.2 cm³/mol. The summed E-state index contributed by atoms with van der Waals surface area (Å²) >= 11 is 3.52. The van der Waals surface area contributed by atoms with Crippen LogP contribution in [-0.4, -0.2) is 44.4 Å². The molecule has 0 atom stereocenters. The van der Waals surface area contributed by atoms with Crippen LogP contribution in [0.5, 0.6) is 0 Å². The number of carbonyl (C=O) groups excluding carboxylic acids is 1. The van der Waals surface area contributed by atoms with Gasteiger partial charge < -0.3 is 9.80 Å². The van der Waals surface area contributed by atoms with Crippen LogP contribution in [0.4, 0.5) is 5.69 Å². The zero-order chi connectivity index (χ0) is 11.5. The van der Waals surface area contributed by atoms with Crippen molar-refractivity contribution in [2.24, 2.45) is 0 Å². The van der Waals surface area contributed by atoms with Gasteiger partial charge in [-0.3, -0.25) is 4.79 Å². The van der Waals surface area contributed by atoms with Crippen LogP contribution < -0.4 is 4.90 Å². The van der Waals surface area contributed by atoms with Crippen LogP contribution >= 0.6 is 15.9 Å². The highest BCUT2D eigenvalue weighted by Crippen LogP contribution is 2.27. The van der Waals surface area contributed by atoms with Crippen molar-refractivity contribution in [3.63, 3.8) is 0 Å². The summed E-state index contributed by atoms with van der Waals surface area (Å²) in [5.74, 6) is 0. The van der Waals surface area contributed by atoms with E-state index in [0.717, 1.165) is 36.9 Å². The molecular weight excluding hydrogens is 268 g/mol. The van der Waals surface area contributed by atoms with Crippen molar-refractivity contribution in [2.75, 3.05) is 38.1 Å². The fraction of sp³-hybridized carbons (Fsp3) is 0.417. The second-order valence-electron chi connectivity index (χ2n) is 4.12. The van der Waals surface area contributed by atoms with E-state index in [4.69, 9.17) is 0 Å². The number of hydrogen-bond donors (Lipinski definition) is 0. The Morgan fingerprint density at radius 2 is 1.94 bits per heavy atom. The first-order chi connectivity index (χ1) is 7.70. The fourth-order valence-electron chi connectivity index (χ4n) is 1.90. The number of nitrogens with zero attached hydrogens (tertiary/aromatic N) is 2. The third kappa shape index (κ3) is 2.44. The third-order valence-electron chi connectivity index (χ3n) is 2.95.